The molecule has 6 heavy (non-hydrogen) atoms. The smallest absolute Gasteiger partial charge is 0.870 e. The molecule has 0 rings (SSSR count). The Hall–Kier alpha value is 1.69. The molecule has 0 heterocycles. The van der Waals surface area contributed by atoms with Gasteiger partial charge in [-0.1, -0.05) is 0 Å². The summed E-state index contributed by atoms with van der Waals surface area (Å²) >= 11 is 0. The first-order chi connectivity index (χ1) is 1.73. The zero-order valence-corrected chi connectivity index (χ0v) is 7.35. The summed E-state index contributed by atoms with van der Waals surface area (Å²) in [6.07, 6.45) is 0. The molecule has 0 atom stereocenters. The van der Waals surface area contributed by atoms with Gasteiger partial charge in [0.15, 0.2) is 0 Å². The summed E-state index contributed by atoms with van der Waals surface area (Å²) in [6, 6.07) is 0. The van der Waals surface area contributed by atoms with Gasteiger partial charge in [0.2, 0.25) is 9.23 Å². The summed E-state index contributed by atoms with van der Waals surface area (Å²) in [6.45, 7) is 0. The molecular weight excluding hydrogens is 158 g/mol. The van der Waals surface area contributed by atoms with Gasteiger partial charge in [-0.05, 0) is 0 Å². The van der Waals surface area contributed by atoms with Gasteiger partial charge in [-0.3, -0.25) is 0 Å². The maximum Gasteiger partial charge on any atom is 1.00 e. The molecule has 0 radical (unpaired) electrons. The van der Waals surface area contributed by atoms with Gasteiger partial charge in [0.1, 0.15) is 0 Å². The zero-order chi connectivity index (χ0) is 3.58. The average Bonchev–Trinajstić information content (AvgIpc) is 0.811. The Bertz CT molecular complexity index is 34.5. The van der Waals surface area contributed by atoms with E-state index in [1.54, 1.807) is 0 Å². The Labute approximate surface area is 69.3 Å². The molecule has 0 aliphatic carbocycles. The minimum absolute atomic E-state index is 0. The molecule has 0 amide bonds. The Morgan fingerprint density at radius 1 is 1.33 bits per heavy atom. The van der Waals surface area contributed by atoms with Crippen LogP contribution in [0.4, 0.5) is 0 Å². The third kappa shape index (κ3) is 43.8. The third-order valence-electron chi connectivity index (χ3n) is 0. The molecule has 0 unspecified atom stereocenters. The second kappa shape index (κ2) is 9.85. The van der Waals surface area contributed by atoms with E-state index in [4.69, 9.17) is 4.21 Å². The average molecular weight is 159 g/mol. The first-order valence-electron chi connectivity index (χ1n) is 0.475. The fourth-order valence-corrected chi connectivity index (χ4v) is 0. The van der Waals surface area contributed by atoms with Crippen molar-refractivity contribution in [3.63, 3.8) is 0 Å². The molecule has 0 aromatic carbocycles. The van der Waals surface area contributed by atoms with Crippen molar-refractivity contribution in [1.82, 2.24) is 0 Å². The summed E-state index contributed by atoms with van der Waals surface area (Å²) in [5, 5.41) is 0. The van der Waals surface area contributed by atoms with E-state index in [-0.39, 0.29) is 35.0 Å². The molecular formula is HCl2NaO2S. The molecule has 0 bridgehead atoms. The van der Waals surface area contributed by atoms with Crippen molar-refractivity contribution in [2.24, 2.45) is 0 Å². The molecule has 0 saturated carbocycles. The fraction of sp³-hybridized carbons (Fsp3) is 0. The maximum atomic E-state index is 9.09. The van der Waals surface area contributed by atoms with Crippen LogP contribution >= 0.6 is 21.4 Å². The van der Waals surface area contributed by atoms with E-state index in [1.807, 2.05) is 0 Å². The Kier molecular flexibility index (Phi) is 25.7. The van der Waals surface area contributed by atoms with Crippen LogP contribution in [-0.4, -0.2) is 9.69 Å². The van der Waals surface area contributed by atoms with Crippen LogP contribution in [-0.2, 0) is 9.23 Å². The van der Waals surface area contributed by atoms with Crippen LogP contribution in [0.3, 0.4) is 0 Å². The van der Waals surface area contributed by atoms with Gasteiger partial charge < -0.3 is 5.48 Å². The normalized spacial score (nSPS) is 5.83. The van der Waals surface area contributed by atoms with Gasteiger partial charge >= 0.3 is 29.6 Å². The van der Waals surface area contributed by atoms with Gasteiger partial charge in [0.25, 0.3) is 0 Å². The Morgan fingerprint density at radius 2 is 1.33 bits per heavy atom. The van der Waals surface area contributed by atoms with Crippen molar-refractivity contribution in [2.45, 2.75) is 0 Å². The van der Waals surface area contributed by atoms with Crippen LogP contribution < -0.4 is 29.6 Å². The predicted molar refractivity (Wildman–Crippen MR) is 21.8 cm³/mol. The largest absolute Gasteiger partial charge is 1.00 e. The van der Waals surface area contributed by atoms with E-state index in [9.17, 15) is 0 Å². The van der Waals surface area contributed by atoms with E-state index in [1.165, 1.54) is 0 Å². The molecule has 34 valence electrons. The fourth-order valence-electron chi connectivity index (χ4n) is 0. The SMILES string of the molecule is O=S(Cl)Cl.[Na+].[OH-]. The van der Waals surface area contributed by atoms with Gasteiger partial charge in [-0.2, -0.15) is 0 Å². The van der Waals surface area contributed by atoms with Crippen molar-refractivity contribution in [2.75, 3.05) is 0 Å². The summed E-state index contributed by atoms with van der Waals surface area (Å²) in [4.78, 5) is 0. The van der Waals surface area contributed by atoms with E-state index in [2.05, 4.69) is 21.4 Å². The number of hydrogen-bond acceptors (Lipinski definition) is 2. The first kappa shape index (κ1) is 15.6. The molecule has 1 N–H and O–H groups in total. The molecule has 0 aliphatic rings. The van der Waals surface area contributed by atoms with Crippen molar-refractivity contribution < 1.29 is 39.2 Å². The first-order valence-corrected chi connectivity index (χ1v) is 3.28. The molecule has 6 heteroatoms. The number of hydrogen-bond donors (Lipinski definition) is 0. The molecule has 2 nitrogen and oxygen atoms in total. The van der Waals surface area contributed by atoms with Crippen molar-refractivity contribution in [1.29, 1.82) is 0 Å². The van der Waals surface area contributed by atoms with Crippen LogP contribution in [0.1, 0.15) is 0 Å². The summed E-state index contributed by atoms with van der Waals surface area (Å²) < 4.78 is 9.09. The minimum Gasteiger partial charge on any atom is -0.870 e. The quantitative estimate of drug-likeness (QED) is 0.299. The second-order valence-electron chi connectivity index (χ2n) is 0.184. The minimum atomic E-state index is -1.67. The summed E-state index contributed by atoms with van der Waals surface area (Å²) in [5.74, 6) is 0. The monoisotopic (exact) mass is 158 g/mol. The molecule has 0 aliphatic heterocycles. The van der Waals surface area contributed by atoms with E-state index >= 15 is 0 Å². The number of rotatable bonds is 0. The molecule has 0 aromatic heterocycles. The van der Waals surface area contributed by atoms with Crippen LogP contribution in [0.2, 0.25) is 0 Å². The molecule has 0 fully saturated rings. The topological polar surface area (TPSA) is 47.1 Å². The van der Waals surface area contributed by atoms with Gasteiger partial charge in [0, 0.05) is 21.4 Å². The van der Waals surface area contributed by atoms with Crippen molar-refractivity contribution in [3.05, 3.63) is 0 Å². The van der Waals surface area contributed by atoms with Crippen molar-refractivity contribution >= 4 is 30.6 Å². The van der Waals surface area contributed by atoms with Crippen LogP contribution in [0.5, 0.6) is 0 Å². The van der Waals surface area contributed by atoms with E-state index in [0.717, 1.165) is 0 Å². The summed E-state index contributed by atoms with van der Waals surface area (Å²) in [7, 11) is 7.36. The predicted octanol–water partition coefficient (Wildman–Crippen LogP) is -2.13. The summed E-state index contributed by atoms with van der Waals surface area (Å²) in [5.41, 5.74) is 0. The van der Waals surface area contributed by atoms with Gasteiger partial charge in [-0.25, -0.2) is 4.21 Å². The zero-order valence-electron chi connectivity index (χ0n) is 3.02. The standard InChI is InChI=1S/Cl2OS.Na.H2O/c1-4(2)3;;/h;;1H2/q;+1;/p-1. The Balaban J connectivity index is -0.0000000450. The molecule has 0 spiro atoms. The maximum absolute atomic E-state index is 9.09. The van der Waals surface area contributed by atoms with Crippen LogP contribution in [0.15, 0.2) is 0 Å². The van der Waals surface area contributed by atoms with E-state index in [0.29, 0.717) is 0 Å². The third-order valence-corrected chi connectivity index (χ3v) is 0. The molecule has 0 aromatic rings. The van der Waals surface area contributed by atoms with Gasteiger partial charge in [0.05, 0.1) is 0 Å². The second-order valence-corrected chi connectivity index (χ2v) is 2.71. The molecule has 0 saturated heterocycles. The Morgan fingerprint density at radius 3 is 1.33 bits per heavy atom. The number of halogens is 2. The van der Waals surface area contributed by atoms with E-state index < -0.39 is 9.23 Å². The van der Waals surface area contributed by atoms with Crippen molar-refractivity contribution in [3.8, 4) is 0 Å². The van der Waals surface area contributed by atoms with Crippen LogP contribution in [0.25, 0.3) is 0 Å². The van der Waals surface area contributed by atoms with Crippen LogP contribution in [0, 0.1) is 0 Å². The van der Waals surface area contributed by atoms with Gasteiger partial charge in [-0.15, -0.1) is 0 Å².